The van der Waals surface area contributed by atoms with Gasteiger partial charge in [-0.3, -0.25) is 0 Å². The second kappa shape index (κ2) is 7.24. The highest BCUT2D eigenvalue weighted by Gasteiger charge is 2.08. The maximum absolute atomic E-state index is 4.42. The molecule has 0 aliphatic rings. The predicted molar refractivity (Wildman–Crippen MR) is 63.4 cm³/mol. The monoisotopic (exact) mass is 199 g/mol. The molecule has 0 rings (SSSR count). The normalized spacial score (nSPS) is 12.4. The molecule has 0 aliphatic heterocycles. The molecule has 0 amide bonds. The average Bonchev–Trinajstić information content (AvgIpc) is 2.00. The molecular formula is C12H27N2. The zero-order valence-corrected chi connectivity index (χ0v) is 10.6. The van der Waals surface area contributed by atoms with E-state index in [1.165, 1.54) is 12.8 Å². The van der Waals surface area contributed by atoms with Crippen LogP contribution in [-0.4, -0.2) is 19.8 Å². The van der Waals surface area contributed by atoms with E-state index < -0.39 is 0 Å². The van der Waals surface area contributed by atoms with Crippen molar-refractivity contribution in [2.75, 3.05) is 19.8 Å². The molecule has 0 unspecified atom stereocenters. The number of nitrogens with one attached hydrogen (secondary N) is 1. The zero-order chi connectivity index (χ0) is 11.0. The molecule has 1 radical (unpaired) electrons. The summed E-state index contributed by atoms with van der Waals surface area (Å²) in [7, 11) is 0. The minimum absolute atomic E-state index is 0.435. The van der Waals surface area contributed by atoms with Crippen LogP contribution in [-0.2, 0) is 0 Å². The topological polar surface area (TPSA) is 26.1 Å². The van der Waals surface area contributed by atoms with Gasteiger partial charge in [-0.2, -0.15) is 0 Å². The van der Waals surface area contributed by atoms with Gasteiger partial charge in [-0.05, 0) is 30.7 Å². The Bertz CT molecular complexity index is 125. The molecule has 85 valence electrons. The highest BCUT2D eigenvalue weighted by molar-refractivity contribution is 4.62. The smallest absolute Gasteiger partial charge is 0.0623 e. The summed E-state index contributed by atoms with van der Waals surface area (Å²) < 4.78 is 0. The largest absolute Gasteiger partial charge is 0.303 e. The third-order valence-electron chi connectivity index (χ3n) is 2.14. The van der Waals surface area contributed by atoms with Crippen LogP contribution < -0.4 is 10.6 Å². The first-order chi connectivity index (χ1) is 6.42. The number of hydrogen-bond acceptors (Lipinski definition) is 1. The second-order valence-corrected chi connectivity index (χ2v) is 5.60. The highest BCUT2D eigenvalue weighted by atomic mass is 15.0. The van der Waals surface area contributed by atoms with Gasteiger partial charge in [0.15, 0.2) is 0 Å². The van der Waals surface area contributed by atoms with Crippen molar-refractivity contribution in [2.24, 2.45) is 11.3 Å². The van der Waals surface area contributed by atoms with E-state index in [9.17, 15) is 0 Å². The van der Waals surface area contributed by atoms with Gasteiger partial charge >= 0.3 is 0 Å². The van der Waals surface area contributed by atoms with Crippen LogP contribution in [0.4, 0.5) is 0 Å². The lowest BCUT2D eigenvalue weighted by Gasteiger charge is -2.18. The molecule has 2 heteroatoms. The van der Waals surface area contributed by atoms with Gasteiger partial charge in [0.25, 0.3) is 0 Å². The van der Waals surface area contributed by atoms with Crippen molar-refractivity contribution in [2.45, 2.75) is 47.5 Å². The van der Waals surface area contributed by atoms with Gasteiger partial charge in [0, 0.05) is 6.54 Å². The first-order valence-corrected chi connectivity index (χ1v) is 5.76. The summed E-state index contributed by atoms with van der Waals surface area (Å²) in [5.41, 5.74) is 0.435. The van der Waals surface area contributed by atoms with Gasteiger partial charge in [-0.25, -0.2) is 5.32 Å². The van der Waals surface area contributed by atoms with Gasteiger partial charge in [0.2, 0.25) is 0 Å². The first kappa shape index (κ1) is 13.9. The summed E-state index contributed by atoms with van der Waals surface area (Å²) in [6.45, 7) is 14.2. The van der Waals surface area contributed by atoms with Gasteiger partial charge in [0.1, 0.15) is 0 Å². The molecule has 0 spiro atoms. The fraction of sp³-hybridized carbons (Fsp3) is 1.00. The maximum atomic E-state index is 4.42. The van der Waals surface area contributed by atoms with E-state index in [0.29, 0.717) is 5.41 Å². The van der Waals surface area contributed by atoms with E-state index >= 15 is 0 Å². The third-order valence-corrected chi connectivity index (χ3v) is 2.14. The summed E-state index contributed by atoms with van der Waals surface area (Å²) >= 11 is 0. The molecule has 0 bridgehead atoms. The zero-order valence-electron chi connectivity index (χ0n) is 10.6. The van der Waals surface area contributed by atoms with E-state index in [-0.39, 0.29) is 0 Å². The molecule has 0 fully saturated rings. The summed E-state index contributed by atoms with van der Waals surface area (Å²) in [6, 6.07) is 0. The van der Waals surface area contributed by atoms with E-state index in [1.807, 2.05) is 0 Å². The molecule has 0 aliphatic carbocycles. The van der Waals surface area contributed by atoms with Crippen LogP contribution in [0, 0.1) is 11.3 Å². The van der Waals surface area contributed by atoms with Crippen molar-refractivity contribution < 1.29 is 0 Å². The van der Waals surface area contributed by atoms with E-state index in [2.05, 4.69) is 45.3 Å². The van der Waals surface area contributed by atoms with Crippen molar-refractivity contribution in [3.63, 3.8) is 0 Å². The van der Waals surface area contributed by atoms with Crippen LogP contribution in [0.5, 0.6) is 0 Å². The molecule has 1 N–H and O–H groups in total. The average molecular weight is 199 g/mol. The van der Waals surface area contributed by atoms with E-state index in [0.717, 1.165) is 25.7 Å². The van der Waals surface area contributed by atoms with Crippen molar-refractivity contribution in [1.29, 1.82) is 0 Å². The molecule has 2 nitrogen and oxygen atoms in total. The van der Waals surface area contributed by atoms with Crippen molar-refractivity contribution in [1.82, 2.24) is 10.6 Å². The van der Waals surface area contributed by atoms with Gasteiger partial charge in [0.05, 0.1) is 6.67 Å². The molecule has 0 aromatic carbocycles. The quantitative estimate of drug-likeness (QED) is 0.627. The van der Waals surface area contributed by atoms with Crippen molar-refractivity contribution in [3.8, 4) is 0 Å². The number of hydrogen-bond donors (Lipinski definition) is 1. The molecule has 0 heterocycles. The van der Waals surface area contributed by atoms with Crippen LogP contribution in [0.3, 0.4) is 0 Å². The Morgan fingerprint density at radius 3 is 2.36 bits per heavy atom. The molecule has 14 heavy (non-hydrogen) atoms. The molecule has 0 saturated carbocycles. The van der Waals surface area contributed by atoms with Gasteiger partial charge < -0.3 is 5.32 Å². The van der Waals surface area contributed by atoms with Gasteiger partial charge in [-0.15, -0.1) is 0 Å². The standard InChI is InChI=1S/C12H27N2/c1-11(2)6-8-13-10-14-9-7-12(3,4)5/h11,14H,6-10H2,1-5H3. The maximum Gasteiger partial charge on any atom is 0.0623 e. The lowest BCUT2D eigenvalue weighted by molar-refractivity contribution is 0.362. The molecule has 0 aromatic heterocycles. The Labute approximate surface area is 89.9 Å². The van der Waals surface area contributed by atoms with Crippen LogP contribution in [0.15, 0.2) is 0 Å². The Balaban J connectivity index is 3.07. The Hall–Kier alpha value is -0.0800. The number of nitrogens with zero attached hydrogens (tertiary/aromatic N) is 1. The number of rotatable bonds is 7. The van der Waals surface area contributed by atoms with Crippen molar-refractivity contribution >= 4 is 0 Å². The lowest BCUT2D eigenvalue weighted by Crippen LogP contribution is -2.27. The van der Waals surface area contributed by atoms with E-state index in [1.54, 1.807) is 0 Å². The SMILES string of the molecule is CC(C)CC[N]CNCCC(C)(C)C. The summed E-state index contributed by atoms with van der Waals surface area (Å²) in [6.07, 6.45) is 2.42. The Morgan fingerprint density at radius 2 is 1.86 bits per heavy atom. The summed E-state index contributed by atoms with van der Waals surface area (Å²) in [5, 5.41) is 7.77. The van der Waals surface area contributed by atoms with Crippen LogP contribution in [0.1, 0.15) is 47.5 Å². The fourth-order valence-electron chi connectivity index (χ4n) is 1.05. The minimum atomic E-state index is 0.435. The lowest BCUT2D eigenvalue weighted by atomic mass is 9.92. The van der Waals surface area contributed by atoms with E-state index in [4.69, 9.17) is 0 Å². The van der Waals surface area contributed by atoms with Crippen LogP contribution in [0.2, 0.25) is 0 Å². The van der Waals surface area contributed by atoms with Gasteiger partial charge in [-0.1, -0.05) is 34.6 Å². The minimum Gasteiger partial charge on any atom is -0.303 e. The second-order valence-electron chi connectivity index (χ2n) is 5.60. The Kier molecular flexibility index (Phi) is 7.20. The van der Waals surface area contributed by atoms with Crippen LogP contribution in [0.25, 0.3) is 0 Å². The first-order valence-electron chi connectivity index (χ1n) is 5.76. The summed E-state index contributed by atoms with van der Waals surface area (Å²) in [5.74, 6) is 0.772. The molecule has 0 atom stereocenters. The fourth-order valence-corrected chi connectivity index (χ4v) is 1.05. The highest BCUT2D eigenvalue weighted by Crippen LogP contribution is 2.16. The molecular weight excluding hydrogens is 172 g/mol. The predicted octanol–water partition coefficient (Wildman–Crippen LogP) is 2.62. The molecule has 0 aromatic rings. The summed E-state index contributed by atoms with van der Waals surface area (Å²) in [4.78, 5) is 0. The molecule has 0 saturated heterocycles. The third kappa shape index (κ3) is 11.9. The van der Waals surface area contributed by atoms with Crippen LogP contribution >= 0.6 is 0 Å². The van der Waals surface area contributed by atoms with Crippen molar-refractivity contribution in [3.05, 3.63) is 0 Å². The Morgan fingerprint density at radius 1 is 1.21 bits per heavy atom.